The summed E-state index contributed by atoms with van der Waals surface area (Å²) in [4.78, 5) is 11.4. The molecule has 1 rings (SSSR count). The van der Waals surface area contributed by atoms with Gasteiger partial charge < -0.3 is 0 Å². The maximum Gasteiger partial charge on any atom is 0.159 e. The maximum atomic E-state index is 11.4. The summed E-state index contributed by atoms with van der Waals surface area (Å²) in [5, 5.41) is 0. The van der Waals surface area contributed by atoms with E-state index in [-0.39, 0.29) is 5.41 Å². The molecule has 0 saturated carbocycles. The second-order valence-electron chi connectivity index (χ2n) is 4.75. The highest BCUT2D eigenvalue weighted by Crippen LogP contribution is 2.36. The minimum Gasteiger partial charge on any atom is -0.295 e. The lowest BCUT2D eigenvalue weighted by atomic mass is 9.74. The highest BCUT2D eigenvalue weighted by atomic mass is 16.1. The Labute approximate surface area is 87.9 Å². The summed E-state index contributed by atoms with van der Waals surface area (Å²) in [6, 6.07) is 0. The number of hydrogen-bond acceptors (Lipinski definition) is 1. The average molecular weight is 194 g/mol. The van der Waals surface area contributed by atoms with Crippen LogP contribution in [0.1, 0.15) is 47.5 Å². The highest BCUT2D eigenvalue weighted by Gasteiger charge is 2.28. The Bertz CT molecular complexity index is 256. The summed E-state index contributed by atoms with van der Waals surface area (Å²) in [5.74, 6) is 0.332. The van der Waals surface area contributed by atoms with Gasteiger partial charge in [0.15, 0.2) is 5.78 Å². The molecule has 0 bridgehead atoms. The van der Waals surface area contributed by atoms with Crippen LogP contribution in [0.25, 0.3) is 0 Å². The Hall–Kier alpha value is -0.850. The van der Waals surface area contributed by atoms with Crippen LogP contribution in [-0.2, 0) is 4.79 Å². The van der Waals surface area contributed by atoms with Gasteiger partial charge in [0.2, 0.25) is 0 Å². The number of carbonyl (C=O) groups is 1. The first kappa shape index (κ1) is 13.2. The molecule has 0 radical (unpaired) electrons. The van der Waals surface area contributed by atoms with Gasteiger partial charge in [0.25, 0.3) is 0 Å². The van der Waals surface area contributed by atoms with Crippen molar-refractivity contribution in [2.24, 2.45) is 5.41 Å². The first-order valence-corrected chi connectivity index (χ1v) is 5.10. The minimum absolute atomic E-state index is 0.195. The third-order valence-corrected chi connectivity index (χ3v) is 2.44. The molecule has 0 aliphatic heterocycles. The van der Waals surface area contributed by atoms with Crippen molar-refractivity contribution in [3.63, 3.8) is 0 Å². The van der Waals surface area contributed by atoms with Crippen molar-refractivity contribution < 1.29 is 4.79 Å². The minimum atomic E-state index is 0.195. The molecule has 80 valence electrons. The first-order valence-electron chi connectivity index (χ1n) is 5.10. The Balaban J connectivity index is 0.000000500. The fraction of sp³-hybridized carbons (Fsp3) is 0.615. The zero-order valence-electron chi connectivity index (χ0n) is 10.1. The van der Waals surface area contributed by atoms with Gasteiger partial charge in [-0.05, 0) is 38.2 Å². The SMILES string of the molecule is C=CC.CC1=C(C)C(=O)CC(C)(C)C1. The van der Waals surface area contributed by atoms with Crippen molar-refractivity contribution in [1.29, 1.82) is 0 Å². The van der Waals surface area contributed by atoms with Gasteiger partial charge >= 0.3 is 0 Å². The van der Waals surface area contributed by atoms with Crippen molar-refractivity contribution in [2.75, 3.05) is 0 Å². The lowest BCUT2D eigenvalue weighted by molar-refractivity contribution is -0.118. The van der Waals surface area contributed by atoms with Crippen LogP contribution >= 0.6 is 0 Å². The molecule has 0 atom stereocenters. The molecular formula is C13H22O. The number of hydrogen-bond donors (Lipinski definition) is 0. The molecule has 0 spiro atoms. The molecule has 0 fully saturated rings. The largest absolute Gasteiger partial charge is 0.295 e. The third kappa shape index (κ3) is 3.91. The van der Waals surface area contributed by atoms with Gasteiger partial charge in [-0.15, -0.1) is 6.58 Å². The molecule has 0 aromatic rings. The van der Waals surface area contributed by atoms with Crippen LogP contribution in [0.5, 0.6) is 0 Å². The van der Waals surface area contributed by atoms with Gasteiger partial charge in [0.05, 0.1) is 0 Å². The van der Waals surface area contributed by atoms with E-state index in [1.165, 1.54) is 5.57 Å². The highest BCUT2D eigenvalue weighted by molar-refractivity contribution is 5.96. The molecule has 1 aliphatic carbocycles. The van der Waals surface area contributed by atoms with Crippen LogP contribution in [0.15, 0.2) is 23.8 Å². The van der Waals surface area contributed by atoms with Crippen molar-refractivity contribution in [3.8, 4) is 0 Å². The first-order chi connectivity index (χ1) is 6.34. The summed E-state index contributed by atoms with van der Waals surface area (Å²) in [6.07, 6.45) is 3.54. The quantitative estimate of drug-likeness (QED) is 0.534. The zero-order chi connectivity index (χ0) is 11.4. The molecule has 0 amide bonds. The van der Waals surface area contributed by atoms with Crippen molar-refractivity contribution in [2.45, 2.75) is 47.5 Å². The monoisotopic (exact) mass is 194 g/mol. The second kappa shape index (κ2) is 5.14. The molecule has 0 saturated heterocycles. The van der Waals surface area contributed by atoms with E-state index >= 15 is 0 Å². The van der Waals surface area contributed by atoms with Crippen molar-refractivity contribution in [3.05, 3.63) is 23.8 Å². The summed E-state index contributed by atoms with van der Waals surface area (Å²) >= 11 is 0. The molecule has 1 heteroatoms. The second-order valence-corrected chi connectivity index (χ2v) is 4.75. The summed E-state index contributed by atoms with van der Waals surface area (Å²) in [5.41, 5.74) is 2.45. The van der Waals surface area contributed by atoms with Crippen molar-refractivity contribution in [1.82, 2.24) is 0 Å². The van der Waals surface area contributed by atoms with E-state index < -0.39 is 0 Å². The molecule has 0 heterocycles. The van der Waals surface area contributed by atoms with Crippen LogP contribution in [-0.4, -0.2) is 5.78 Å². The van der Waals surface area contributed by atoms with Crippen LogP contribution in [0, 0.1) is 5.41 Å². The van der Waals surface area contributed by atoms with Gasteiger partial charge in [0.1, 0.15) is 0 Å². The third-order valence-electron chi connectivity index (χ3n) is 2.44. The van der Waals surface area contributed by atoms with E-state index in [9.17, 15) is 4.79 Å². The molecule has 0 aromatic heterocycles. The van der Waals surface area contributed by atoms with Gasteiger partial charge in [0, 0.05) is 6.42 Å². The topological polar surface area (TPSA) is 17.1 Å². The fourth-order valence-electron chi connectivity index (χ4n) is 1.72. The van der Waals surface area contributed by atoms with Crippen molar-refractivity contribution >= 4 is 5.78 Å². The lowest BCUT2D eigenvalue weighted by Crippen LogP contribution is -2.23. The number of rotatable bonds is 0. The van der Waals surface area contributed by atoms with E-state index in [0.29, 0.717) is 5.78 Å². The van der Waals surface area contributed by atoms with E-state index in [0.717, 1.165) is 18.4 Å². The molecule has 14 heavy (non-hydrogen) atoms. The molecule has 1 aliphatic rings. The average Bonchev–Trinajstić information content (AvgIpc) is 2.00. The predicted octanol–water partition coefficient (Wildman–Crippen LogP) is 3.90. The molecular weight excluding hydrogens is 172 g/mol. The fourth-order valence-corrected chi connectivity index (χ4v) is 1.72. The summed E-state index contributed by atoms with van der Waals surface area (Å²) in [7, 11) is 0. The number of Topliss-reactive ketones (excluding diaryl/α,β-unsaturated/α-hetero) is 1. The van der Waals surface area contributed by atoms with E-state index in [1.807, 2.05) is 13.8 Å². The predicted molar refractivity (Wildman–Crippen MR) is 62.3 cm³/mol. The van der Waals surface area contributed by atoms with Crippen LogP contribution in [0.4, 0.5) is 0 Å². The summed E-state index contributed by atoms with van der Waals surface area (Å²) in [6.45, 7) is 13.6. The zero-order valence-corrected chi connectivity index (χ0v) is 10.1. The number of carbonyl (C=O) groups excluding carboxylic acids is 1. The van der Waals surface area contributed by atoms with Gasteiger partial charge in [-0.25, -0.2) is 0 Å². The Morgan fingerprint density at radius 2 is 1.71 bits per heavy atom. The van der Waals surface area contributed by atoms with E-state index in [1.54, 1.807) is 6.08 Å². The number of ketones is 1. The smallest absolute Gasteiger partial charge is 0.159 e. The molecule has 1 nitrogen and oxygen atoms in total. The molecule has 0 aromatic carbocycles. The maximum absolute atomic E-state index is 11.4. The van der Waals surface area contributed by atoms with Crippen LogP contribution in [0.3, 0.4) is 0 Å². The van der Waals surface area contributed by atoms with Gasteiger partial charge in [-0.3, -0.25) is 4.79 Å². The standard InChI is InChI=1S/C10H16O.C3H6/c1-7-5-10(3,4)6-9(11)8(7)2;1-3-2/h5-6H2,1-4H3;3H,1H2,2H3. The van der Waals surface area contributed by atoms with Gasteiger partial charge in [-0.2, -0.15) is 0 Å². The summed E-state index contributed by atoms with van der Waals surface area (Å²) < 4.78 is 0. The molecule has 0 unspecified atom stereocenters. The Morgan fingerprint density at radius 1 is 1.29 bits per heavy atom. The number of allylic oxidation sites excluding steroid dienone is 3. The van der Waals surface area contributed by atoms with Crippen LogP contribution in [0.2, 0.25) is 0 Å². The Kier molecular flexibility index (Phi) is 4.82. The lowest BCUT2D eigenvalue weighted by Gasteiger charge is -2.29. The van der Waals surface area contributed by atoms with E-state index in [4.69, 9.17) is 0 Å². The van der Waals surface area contributed by atoms with E-state index in [2.05, 4.69) is 27.4 Å². The normalized spacial score (nSPS) is 19.9. The van der Waals surface area contributed by atoms with Gasteiger partial charge in [-0.1, -0.05) is 25.5 Å². The van der Waals surface area contributed by atoms with Crippen LogP contribution < -0.4 is 0 Å². The Morgan fingerprint density at radius 3 is 2.07 bits per heavy atom. The molecule has 0 N–H and O–H groups in total.